The summed E-state index contributed by atoms with van der Waals surface area (Å²) in [7, 11) is 1.32. The number of methoxy groups -OCH3 is 1. The lowest BCUT2D eigenvalue weighted by atomic mass is 10.1. The van der Waals surface area contributed by atoms with Gasteiger partial charge in [0, 0.05) is 18.8 Å². The Kier molecular flexibility index (Phi) is 5.72. The molecule has 7 heteroatoms. The molecule has 0 saturated carbocycles. The summed E-state index contributed by atoms with van der Waals surface area (Å²) in [6.07, 6.45) is -0.204. The van der Waals surface area contributed by atoms with E-state index >= 15 is 0 Å². The molecular formula is C20H23FN2O4. The van der Waals surface area contributed by atoms with Gasteiger partial charge >= 0.3 is 5.97 Å². The number of aryl methyl sites for hydroxylation is 1. The Morgan fingerprint density at radius 2 is 2.00 bits per heavy atom. The lowest BCUT2D eigenvalue weighted by molar-refractivity contribution is -0.0275. The number of H-pyrrole nitrogens is 1. The van der Waals surface area contributed by atoms with Crippen molar-refractivity contribution in [2.75, 3.05) is 33.4 Å². The number of carbonyl (C=O) groups excluding carboxylic acids is 2. The summed E-state index contributed by atoms with van der Waals surface area (Å²) in [6.45, 7) is 5.36. The van der Waals surface area contributed by atoms with Gasteiger partial charge in [-0.1, -0.05) is 12.1 Å². The normalized spacial score (nSPS) is 17.7. The highest BCUT2D eigenvalue weighted by atomic mass is 19.1. The molecule has 1 fully saturated rings. The van der Waals surface area contributed by atoms with Crippen molar-refractivity contribution < 1.29 is 23.5 Å². The fourth-order valence-electron chi connectivity index (χ4n) is 3.44. The van der Waals surface area contributed by atoms with Crippen molar-refractivity contribution in [3.05, 3.63) is 58.2 Å². The lowest BCUT2D eigenvalue weighted by Gasteiger charge is -2.32. The predicted octanol–water partition coefficient (Wildman–Crippen LogP) is 2.81. The molecule has 6 nitrogen and oxygen atoms in total. The van der Waals surface area contributed by atoms with Crippen LogP contribution in [0.5, 0.6) is 0 Å². The maximum Gasteiger partial charge on any atom is 0.339 e. The lowest BCUT2D eigenvalue weighted by Crippen LogP contribution is -2.41. The Bertz CT molecular complexity index is 844. The Balaban J connectivity index is 1.71. The monoisotopic (exact) mass is 374 g/mol. The Hall–Kier alpha value is -2.51. The number of ether oxygens (including phenoxy) is 2. The molecule has 1 saturated heterocycles. The van der Waals surface area contributed by atoms with Crippen molar-refractivity contribution in [3.63, 3.8) is 0 Å². The topological polar surface area (TPSA) is 71.6 Å². The molecule has 1 aromatic heterocycles. The molecule has 1 aromatic carbocycles. The van der Waals surface area contributed by atoms with Gasteiger partial charge in [-0.3, -0.25) is 9.69 Å². The summed E-state index contributed by atoms with van der Waals surface area (Å²) in [4.78, 5) is 29.7. The largest absolute Gasteiger partial charge is 0.465 e. The van der Waals surface area contributed by atoms with E-state index in [4.69, 9.17) is 9.47 Å². The van der Waals surface area contributed by atoms with E-state index < -0.39 is 5.97 Å². The maximum atomic E-state index is 13.1. The third kappa shape index (κ3) is 4.09. The van der Waals surface area contributed by atoms with Gasteiger partial charge in [0.05, 0.1) is 37.6 Å². The van der Waals surface area contributed by atoms with E-state index in [1.54, 1.807) is 26.0 Å². The van der Waals surface area contributed by atoms with E-state index in [-0.39, 0.29) is 24.2 Å². The predicted molar refractivity (Wildman–Crippen MR) is 97.5 cm³/mol. The van der Waals surface area contributed by atoms with Gasteiger partial charge in [-0.25, -0.2) is 9.18 Å². The maximum absolute atomic E-state index is 13.1. The van der Waals surface area contributed by atoms with Gasteiger partial charge < -0.3 is 14.5 Å². The Morgan fingerprint density at radius 3 is 2.67 bits per heavy atom. The highest BCUT2D eigenvalue weighted by Crippen LogP contribution is 2.24. The molecular weight excluding hydrogens is 351 g/mol. The van der Waals surface area contributed by atoms with Crippen LogP contribution in [0.2, 0.25) is 0 Å². The molecule has 0 unspecified atom stereocenters. The zero-order valence-electron chi connectivity index (χ0n) is 15.7. The zero-order chi connectivity index (χ0) is 19.6. The van der Waals surface area contributed by atoms with Crippen LogP contribution in [0.15, 0.2) is 24.3 Å². The molecule has 1 aliphatic heterocycles. The molecule has 1 N–H and O–H groups in total. The minimum absolute atomic E-state index is 0.0921. The van der Waals surface area contributed by atoms with Gasteiger partial charge in [-0.2, -0.15) is 0 Å². The quantitative estimate of drug-likeness (QED) is 0.644. The number of Topliss-reactive ketones (excluding diaryl/α,β-unsaturated/α-hetero) is 1. The van der Waals surface area contributed by atoms with E-state index in [1.165, 1.54) is 19.2 Å². The summed E-state index contributed by atoms with van der Waals surface area (Å²) in [5, 5.41) is 0. The van der Waals surface area contributed by atoms with Crippen LogP contribution >= 0.6 is 0 Å². The van der Waals surface area contributed by atoms with E-state index in [0.29, 0.717) is 42.2 Å². The standard InChI is InChI=1S/C20H23FN2O4/c1-12-18(20(25)26-3)13(2)22-19(12)16(24)10-23-8-9-27-17(11-23)14-4-6-15(21)7-5-14/h4-7,17,22H,8-11H2,1-3H3/t17-/m1/s1. The first-order valence-electron chi connectivity index (χ1n) is 8.80. The first-order valence-corrected chi connectivity index (χ1v) is 8.80. The molecule has 0 bridgehead atoms. The first-order chi connectivity index (χ1) is 12.9. The average Bonchev–Trinajstić information content (AvgIpc) is 2.96. The number of carbonyl (C=O) groups is 2. The fraction of sp³-hybridized carbons (Fsp3) is 0.400. The van der Waals surface area contributed by atoms with Gasteiger partial charge in [0.2, 0.25) is 0 Å². The van der Waals surface area contributed by atoms with Crippen LogP contribution in [0.3, 0.4) is 0 Å². The Labute approximate surface area is 157 Å². The number of aromatic nitrogens is 1. The molecule has 0 spiro atoms. The number of hydrogen-bond donors (Lipinski definition) is 1. The van der Waals surface area contributed by atoms with E-state index in [0.717, 1.165) is 5.56 Å². The highest BCUT2D eigenvalue weighted by Gasteiger charge is 2.27. The average molecular weight is 374 g/mol. The molecule has 2 heterocycles. The van der Waals surface area contributed by atoms with E-state index in [2.05, 4.69) is 4.98 Å². The number of morpholine rings is 1. The van der Waals surface area contributed by atoms with Gasteiger partial charge in [0.15, 0.2) is 5.78 Å². The fourth-order valence-corrected chi connectivity index (χ4v) is 3.44. The smallest absolute Gasteiger partial charge is 0.339 e. The molecule has 3 rings (SSSR count). The SMILES string of the molecule is COC(=O)c1c(C)[nH]c(C(=O)CN2CCO[C@@H](c3ccc(F)cc3)C2)c1C. The van der Waals surface area contributed by atoms with Crippen LogP contribution in [0, 0.1) is 19.7 Å². The van der Waals surface area contributed by atoms with Crippen molar-refractivity contribution in [2.24, 2.45) is 0 Å². The van der Waals surface area contributed by atoms with Gasteiger partial charge in [-0.15, -0.1) is 0 Å². The van der Waals surface area contributed by atoms with Crippen molar-refractivity contribution >= 4 is 11.8 Å². The second kappa shape index (κ2) is 8.02. The summed E-state index contributed by atoms with van der Waals surface area (Å²) < 4.78 is 23.7. The summed E-state index contributed by atoms with van der Waals surface area (Å²) >= 11 is 0. The zero-order valence-corrected chi connectivity index (χ0v) is 15.7. The second-order valence-corrected chi connectivity index (χ2v) is 6.69. The second-order valence-electron chi connectivity index (χ2n) is 6.69. The van der Waals surface area contributed by atoms with Crippen LogP contribution in [0.25, 0.3) is 0 Å². The third-order valence-corrected chi connectivity index (χ3v) is 4.87. The van der Waals surface area contributed by atoms with Crippen LogP contribution in [0.1, 0.15) is 43.8 Å². The number of hydrogen-bond acceptors (Lipinski definition) is 5. The first kappa shape index (κ1) is 19.3. The number of benzene rings is 1. The third-order valence-electron chi connectivity index (χ3n) is 4.87. The molecule has 0 amide bonds. The molecule has 27 heavy (non-hydrogen) atoms. The molecule has 0 aliphatic carbocycles. The number of aromatic amines is 1. The number of esters is 1. The Morgan fingerprint density at radius 1 is 1.30 bits per heavy atom. The number of halogens is 1. The van der Waals surface area contributed by atoms with Gasteiger partial charge in [-0.05, 0) is 37.1 Å². The number of nitrogens with zero attached hydrogens (tertiary/aromatic N) is 1. The highest BCUT2D eigenvalue weighted by molar-refractivity contribution is 6.02. The number of ketones is 1. The minimum Gasteiger partial charge on any atom is -0.465 e. The molecule has 0 radical (unpaired) electrons. The van der Waals surface area contributed by atoms with Crippen molar-refractivity contribution in [1.82, 2.24) is 9.88 Å². The molecule has 2 aromatic rings. The van der Waals surface area contributed by atoms with Crippen LogP contribution in [-0.2, 0) is 9.47 Å². The number of rotatable bonds is 5. The summed E-state index contributed by atoms with van der Waals surface area (Å²) in [6, 6.07) is 6.21. The summed E-state index contributed by atoms with van der Waals surface area (Å²) in [5.41, 5.74) is 2.94. The van der Waals surface area contributed by atoms with Crippen molar-refractivity contribution in [2.45, 2.75) is 20.0 Å². The minimum atomic E-state index is -0.456. The number of nitrogens with one attached hydrogen (secondary N) is 1. The van der Waals surface area contributed by atoms with Crippen LogP contribution in [-0.4, -0.2) is 55.0 Å². The van der Waals surface area contributed by atoms with Gasteiger partial charge in [0.1, 0.15) is 5.82 Å². The van der Waals surface area contributed by atoms with Crippen molar-refractivity contribution in [3.8, 4) is 0 Å². The van der Waals surface area contributed by atoms with Crippen LogP contribution in [0.4, 0.5) is 4.39 Å². The molecule has 144 valence electrons. The van der Waals surface area contributed by atoms with E-state index in [1.807, 2.05) is 4.90 Å². The van der Waals surface area contributed by atoms with Gasteiger partial charge in [0.25, 0.3) is 0 Å². The van der Waals surface area contributed by atoms with Crippen molar-refractivity contribution in [1.29, 1.82) is 0 Å². The summed E-state index contributed by atoms with van der Waals surface area (Å²) in [5.74, 6) is -0.839. The van der Waals surface area contributed by atoms with E-state index in [9.17, 15) is 14.0 Å². The molecule has 1 aliphatic rings. The van der Waals surface area contributed by atoms with Crippen LogP contribution < -0.4 is 0 Å². The molecule has 1 atom stereocenters.